The molecule has 1 aliphatic rings. The van der Waals surface area contributed by atoms with Gasteiger partial charge < -0.3 is 15.7 Å². The second kappa shape index (κ2) is 5.47. The van der Waals surface area contributed by atoms with E-state index in [1.165, 1.54) is 0 Å². The Morgan fingerprint density at radius 1 is 1.67 bits per heavy atom. The van der Waals surface area contributed by atoms with Crippen LogP contribution in [0.1, 0.15) is 33.1 Å². The summed E-state index contributed by atoms with van der Waals surface area (Å²) in [5.41, 5.74) is 5.80. The van der Waals surface area contributed by atoms with Gasteiger partial charge in [-0.3, -0.25) is 4.79 Å². The van der Waals surface area contributed by atoms with Crippen LogP contribution in [0.3, 0.4) is 0 Å². The number of carbonyl (C=O) groups is 1. The quantitative estimate of drug-likeness (QED) is 0.709. The number of rotatable bonds is 4. The van der Waals surface area contributed by atoms with Crippen LogP contribution < -0.4 is 5.73 Å². The van der Waals surface area contributed by atoms with E-state index in [4.69, 9.17) is 5.73 Å². The Bertz CT molecular complexity index is 221. The second-order valence-electron chi connectivity index (χ2n) is 4.44. The van der Waals surface area contributed by atoms with Gasteiger partial charge in [-0.05, 0) is 18.8 Å². The van der Waals surface area contributed by atoms with Gasteiger partial charge in [0.05, 0.1) is 18.7 Å². The summed E-state index contributed by atoms with van der Waals surface area (Å²) < 4.78 is 0. The maximum atomic E-state index is 11.9. The van der Waals surface area contributed by atoms with Crippen molar-refractivity contribution in [3.63, 3.8) is 0 Å². The first kappa shape index (κ1) is 12.5. The molecule has 1 rings (SSSR count). The van der Waals surface area contributed by atoms with E-state index in [1.54, 1.807) is 4.90 Å². The van der Waals surface area contributed by atoms with E-state index in [0.29, 0.717) is 5.92 Å². The molecule has 1 saturated heterocycles. The monoisotopic (exact) mass is 214 g/mol. The lowest BCUT2D eigenvalue weighted by Gasteiger charge is -2.27. The summed E-state index contributed by atoms with van der Waals surface area (Å²) in [4.78, 5) is 13.7. The molecule has 15 heavy (non-hydrogen) atoms. The predicted molar refractivity (Wildman–Crippen MR) is 59.3 cm³/mol. The summed E-state index contributed by atoms with van der Waals surface area (Å²) in [6, 6.07) is -0.422. The molecule has 0 spiro atoms. The van der Waals surface area contributed by atoms with Gasteiger partial charge in [0.25, 0.3) is 0 Å². The number of carbonyl (C=O) groups excluding carboxylic acids is 1. The van der Waals surface area contributed by atoms with Gasteiger partial charge in [0.2, 0.25) is 5.91 Å². The third-order valence-corrected chi connectivity index (χ3v) is 3.27. The number of hydrogen-bond acceptors (Lipinski definition) is 3. The second-order valence-corrected chi connectivity index (χ2v) is 4.44. The lowest BCUT2D eigenvalue weighted by atomic mass is 10.0. The number of amides is 1. The maximum Gasteiger partial charge on any atom is 0.239 e. The van der Waals surface area contributed by atoms with Crippen molar-refractivity contribution in [2.75, 3.05) is 13.2 Å². The Morgan fingerprint density at radius 3 is 2.87 bits per heavy atom. The fraction of sp³-hybridized carbons (Fsp3) is 0.909. The molecule has 0 bridgehead atoms. The van der Waals surface area contributed by atoms with Crippen molar-refractivity contribution >= 4 is 5.91 Å². The zero-order chi connectivity index (χ0) is 11.4. The third kappa shape index (κ3) is 2.69. The Labute approximate surface area is 91.4 Å². The molecule has 1 aliphatic heterocycles. The summed E-state index contributed by atoms with van der Waals surface area (Å²) >= 11 is 0. The summed E-state index contributed by atoms with van der Waals surface area (Å²) in [5.74, 6) is 0.382. The van der Waals surface area contributed by atoms with Gasteiger partial charge in [-0.15, -0.1) is 0 Å². The van der Waals surface area contributed by atoms with E-state index >= 15 is 0 Å². The van der Waals surface area contributed by atoms with Crippen molar-refractivity contribution in [3.05, 3.63) is 0 Å². The first-order chi connectivity index (χ1) is 7.11. The standard InChI is InChI=1S/C11H22N2O2/c1-3-4-9(12)11(15)13-6-5-8(2)10(13)7-14/h8-10,14H,3-7,12H2,1-2H3/t8?,9-,10?/m1/s1. The maximum absolute atomic E-state index is 11.9. The average molecular weight is 214 g/mol. The van der Waals surface area contributed by atoms with Crippen molar-refractivity contribution in [2.24, 2.45) is 11.7 Å². The smallest absolute Gasteiger partial charge is 0.239 e. The van der Waals surface area contributed by atoms with Crippen molar-refractivity contribution < 1.29 is 9.90 Å². The zero-order valence-electron chi connectivity index (χ0n) is 9.65. The van der Waals surface area contributed by atoms with Gasteiger partial charge in [0, 0.05) is 6.54 Å². The molecule has 0 aromatic rings. The van der Waals surface area contributed by atoms with E-state index in [2.05, 4.69) is 6.92 Å². The van der Waals surface area contributed by atoms with Gasteiger partial charge in [0.1, 0.15) is 0 Å². The fourth-order valence-corrected chi connectivity index (χ4v) is 2.21. The van der Waals surface area contributed by atoms with Crippen LogP contribution in [-0.2, 0) is 4.79 Å². The van der Waals surface area contributed by atoms with Crippen LogP contribution >= 0.6 is 0 Å². The molecule has 3 atom stereocenters. The Hall–Kier alpha value is -0.610. The molecule has 0 aliphatic carbocycles. The molecule has 1 fully saturated rings. The highest BCUT2D eigenvalue weighted by Gasteiger charge is 2.35. The SMILES string of the molecule is CCC[C@@H](N)C(=O)N1CCC(C)C1CO. The first-order valence-electron chi connectivity index (χ1n) is 5.78. The van der Waals surface area contributed by atoms with Crippen LogP contribution in [-0.4, -0.2) is 41.1 Å². The van der Waals surface area contributed by atoms with Gasteiger partial charge >= 0.3 is 0 Å². The molecule has 0 radical (unpaired) electrons. The summed E-state index contributed by atoms with van der Waals surface area (Å²) in [7, 11) is 0. The largest absolute Gasteiger partial charge is 0.394 e. The lowest BCUT2D eigenvalue weighted by Crippen LogP contribution is -2.48. The lowest BCUT2D eigenvalue weighted by molar-refractivity contribution is -0.134. The molecule has 2 unspecified atom stereocenters. The highest BCUT2D eigenvalue weighted by molar-refractivity contribution is 5.82. The number of nitrogens with two attached hydrogens (primary N) is 1. The van der Waals surface area contributed by atoms with Gasteiger partial charge in [-0.25, -0.2) is 0 Å². The van der Waals surface area contributed by atoms with Crippen LogP contribution in [0.2, 0.25) is 0 Å². The Morgan fingerprint density at radius 2 is 2.33 bits per heavy atom. The van der Waals surface area contributed by atoms with Gasteiger partial charge in [-0.2, -0.15) is 0 Å². The molecule has 0 aromatic carbocycles. The number of nitrogens with zero attached hydrogens (tertiary/aromatic N) is 1. The molecule has 3 N–H and O–H groups in total. The van der Waals surface area contributed by atoms with Gasteiger partial charge in [-0.1, -0.05) is 20.3 Å². The Kier molecular flexibility index (Phi) is 4.54. The first-order valence-corrected chi connectivity index (χ1v) is 5.78. The van der Waals surface area contributed by atoms with E-state index in [9.17, 15) is 9.90 Å². The molecule has 1 heterocycles. The molecule has 0 aromatic heterocycles. The molecule has 4 nitrogen and oxygen atoms in total. The number of aliphatic hydroxyl groups is 1. The minimum absolute atomic E-state index is 0.000231. The van der Waals surface area contributed by atoms with Crippen LogP contribution in [0.5, 0.6) is 0 Å². The minimum atomic E-state index is -0.394. The van der Waals surface area contributed by atoms with Crippen molar-refractivity contribution in [3.8, 4) is 0 Å². The van der Waals surface area contributed by atoms with Gasteiger partial charge in [0.15, 0.2) is 0 Å². The normalized spacial score (nSPS) is 28.1. The number of aliphatic hydroxyl groups excluding tert-OH is 1. The average Bonchev–Trinajstić information content (AvgIpc) is 2.58. The summed E-state index contributed by atoms with van der Waals surface area (Å²) in [6.45, 7) is 4.87. The molecule has 4 heteroatoms. The minimum Gasteiger partial charge on any atom is -0.394 e. The van der Waals surface area contributed by atoms with E-state index in [0.717, 1.165) is 25.8 Å². The topological polar surface area (TPSA) is 66.6 Å². The van der Waals surface area contributed by atoms with Crippen molar-refractivity contribution in [2.45, 2.75) is 45.2 Å². The molecular weight excluding hydrogens is 192 g/mol. The van der Waals surface area contributed by atoms with Crippen molar-refractivity contribution in [1.29, 1.82) is 0 Å². The van der Waals surface area contributed by atoms with Crippen molar-refractivity contribution in [1.82, 2.24) is 4.90 Å². The summed E-state index contributed by atoms with van der Waals surface area (Å²) in [6.07, 6.45) is 2.61. The van der Waals surface area contributed by atoms with Crippen LogP contribution in [0.25, 0.3) is 0 Å². The van der Waals surface area contributed by atoms with Crippen LogP contribution in [0.15, 0.2) is 0 Å². The highest BCUT2D eigenvalue weighted by atomic mass is 16.3. The molecule has 1 amide bonds. The molecule has 88 valence electrons. The Balaban J connectivity index is 2.59. The number of likely N-dealkylation sites (tertiary alicyclic amines) is 1. The molecule has 0 saturated carbocycles. The van der Waals surface area contributed by atoms with Crippen LogP contribution in [0.4, 0.5) is 0 Å². The summed E-state index contributed by atoms with van der Waals surface area (Å²) in [5, 5.41) is 9.23. The van der Waals surface area contributed by atoms with E-state index in [1.807, 2.05) is 6.92 Å². The third-order valence-electron chi connectivity index (χ3n) is 3.27. The predicted octanol–water partition coefficient (Wildman–Crippen LogP) is 0.343. The van der Waals surface area contributed by atoms with Crippen LogP contribution in [0, 0.1) is 5.92 Å². The fourth-order valence-electron chi connectivity index (χ4n) is 2.21. The van der Waals surface area contributed by atoms with E-state index in [-0.39, 0.29) is 18.6 Å². The zero-order valence-corrected chi connectivity index (χ0v) is 9.65. The highest BCUT2D eigenvalue weighted by Crippen LogP contribution is 2.24. The van der Waals surface area contributed by atoms with E-state index < -0.39 is 6.04 Å². The number of hydrogen-bond donors (Lipinski definition) is 2. The molecular formula is C11H22N2O2.